The van der Waals surface area contributed by atoms with Crippen LogP contribution in [0.4, 0.5) is 0 Å². The van der Waals surface area contributed by atoms with E-state index in [1.807, 2.05) is 13.0 Å². The maximum atomic E-state index is 12.1. The van der Waals surface area contributed by atoms with Crippen LogP contribution in [0.25, 0.3) is 6.08 Å². The fourth-order valence-corrected chi connectivity index (χ4v) is 2.96. The summed E-state index contributed by atoms with van der Waals surface area (Å²) >= 11 is 3.36. The Bertz CT molecular complexity index is 1140. The van der Waals surface area contributed by atoms with Gasteiger partial charge in [0.2, 0.25) is 0 Å². The summed E-state index contributed by atoms with van der Waals surface area (Å²) in [5.74, 6) is 0.757. The molecule has 0 unspecified atom stereocenters. The van der Waals surface area contributed by atoms with E-state index in [0.717, 1.165) is 4.47 Å². The Morgan fingerprint density at radius 1 is 1.06 bits per heavy atom. The Hall–Kier alpha value is -3.85. The molecule has 0 atom stereocenters. The number of ether oxygens (including phenoxy) is 3. The van der Waals surface area contributed by atoms with Crippen molar-refractivity contribution in [1.82, 2.24) is 5.43 Å². The number of halogens is 1. The first kappa shape index (κ1) is 23.8. The minimum absolute atomic E-state index is 0.251. The number of carbonyl (C=O) groups is 2. The van der Waals surface area contributed by atoms with E-state index < -0.39 is 11.9 Å². The normalized spacial score (nSPS) is 11.0. The molecule has 0 bridgehead atoms. The number of benzene rings is 2. The van der Waals surface area contributed by atoms with Gasteiger partial charge >= 0.3 is 5.97 Å². The van der Waals surface area contributed by atoms with Crippen molar-refractivity contribution in [2.45, 2.75) is 6.92 Å². The second-order valence-corrected chi connectivity index (χ2v) is 7.33. The third-order valence-electron chi connectivity index (χ3n) is 4.01. The highest BCUT2D eigenvalue weighted by atomic mass is 79.9. The topological polar surface area (TPSA) is 99.4 Å². The average molecular weight is 513 g/mol. The number of carbonyl (C=O) groups excluding carboxylic acids is 2. The highest BCUT2D eigenvalue weighted by Crippen LogP contribution is 2.26. The summed E-state index contributed by atoms with van der Waals surface area (Å²) in [5.41, 5.74) is 2.86. The highest BCUT2D eigenvalue weighted by molar-refractivity contribution is 9.10. The number of furan rings is 1. The number of nitrogens with zero attached hydrogens (tertiary/aromatic N) is 1. The number of nitrogens with one attached hydrogen (secondary N) is 1. The zero-order valence-corrected chi connectivity index (χ0v) is 19.3. The molecule has 1 N–H and O–H groups in total. The second kappa shape index (κ2) is 12.3. The van der Waals surface area contributed by atoms with Crippen molar-refractivity contribution >= 4 is 40.1 Å². The van der Waals surface area contributed by atoms with Gasteiger partial charge in [0.05, 0.1) is 19.1 Å². The van der Waals surface area contributed by atoms with Crippen LogP contribution in [0, 0.1) is 0 Å². The quantitative estimate of drug-likeness (QED) is 0.140. The molecule has 0 radical (unpaired) electrons. The van der Waals surface area contributed by atoms with E-state index in [4.69, 9.17) is 18.6 Å². The van der Waals surface area contributed by atoms with Gasteiger partial charge in [-0.05, 0) is 55.5 Å². The lowest BCUT2D eigenvalue weighted by Gasteiger charge is -2.10. The molecule has 2 aromatic carbocycles. The molecule has 0 aliphatic heterocycles. The van der Waals surface area contributed by atoms with E-state index in [-0.39, 0.29) is 12.4 Å². The molecule has 0 aliphatic carbocycles. The molecule has 33 heavy (non-hydrogen) atoms. The molecule has 1 heterocycles. The monoisotopic (exact) mass is 512 g/mol. The summed E-state index contributed by atoms with van der Waals surface area (Å²) in [6, 6.07) is 15.5. The van der Waals surface area contributed by atoms with Crippen molar-refractivity contribution < 1.29 is 28.2 Å². The van der Waals surface area contributed by atoms with Crippen LogP contribution < -0.4 is 19.6 Å². The molecule has 0 fully saturated rings. The Morgan fingerprint density at radius 3 is 2.58 bits per heavy atom. The predicted octanol–water partition coefficient (Wildman–Crippen LogP) is 4.59. The Kier molecular flexibility index (Phi) is 8.84. The lowest BCUT2D eigenvalue weighted by molar-refractivity contribution is -0.129. The van der Waals surface area contributed by atoms with Crippen LogP contribution in [0.5, 0.6) is 17.2 Å². The van der Waals surface area contributed by atoms with Gasteiger partial charge in [0.15, 0.2) is 18.1 Å². The van der Waals surface area contributed by atoms with Gasteiger partial charge in [0.25, 0.3) is 5.91 Å². The minimum Gasteiger partial charge on any atom is -0.490 e. The van der Waals surface area contributed by atoms with Crippen molar-refractivity contribution in [3.8, 4) is 17.2 Å². The van der Waals surface area contributed by atoms with E-state index >= 15 is 0 Å². The third kappa shape index (κ3) is 7.65. The molecule has 3 rings (SSSR count). The number of hydrazone groups is 1. The fraction of sp³-hybridized carbons (Fsp3) is 0.125. The number of hydrogen-bond acceptors (Lipinski definition) is 7. The van der Waals surface area contributed by atoms with Crippen LogP contribution in [-0.2, 0) is 9.59 Å². The van der Waals surface area contributed by atoms with Crippen molar-refractivity contribution in [1.29, 1.82) is 0 Å². The zero-order valence-electron chi connectivity index (χ0n) is 17.7. The molecule has 0 saturated carbocycles. The summed E-state index contributed by atoms with van der Waals surface area (Å²) < 4.78 is 22.2. The largest absolute Gasteiger partial charge is 0.490 e. The SMILES string of the molecule is CCOc1ccccc1OCC(=O)NN=Cc1cc(Br)ccc1OC(=O)C=Cc1ccco1. The molecule has 0 aliphatic rings. The van der Waals surface area contributed by atoms with Crippen LogP contribution in [0.3, 0.4) is 0 Å². The smallest absolute Gasteiger partial charge is 0.336 e. The fourth-order valence-electron chi connectivity index (χ4n) is 2.59. The van der Waals surface area contributed by atoms with Gasteiger partial charge < -0.3 is 18.6 Å². The van der Waals surface area contributed by atoms with Crippen LogP contribution >= 0.6 is 15.9 Å². The molecule has 0 saturated heterocycles. The van der Waals surface area contributed by atoms with Gasteiger partial charge in [0.1, 0.15) is 11.5 Å². The standard InChI is InChI=1S/C24H21BrN2O6/c1-2-30-21-7-3-4-8-22(21)32-16-23(28)27-26-15-17-14-18(25)9-11-20(17)33-24(29)12-10-19-6-5-13-31-19/h3-15H,2,16H2,1H3,(H,27,28). The van der Waals surface area contributed by atoms with E-state index in [0.29, 0.717) is 29.4 Å². The highest BCUT2D eigenvalue weighted by Gasteiger charge is 2.09. The van der Waals surface area contributed by atoms with Gasteiger partial charge in [-0.25, -0.2) is 10.2 Å². The number of esters is 1. The minimum atomic E-state index is -0.589. The maximum Gasteiger partial charge on any atom is 0.336 e. The molecular weight excluding hydrogens is 492 g/mol. The molecule has 8 nitrogen and oxygen atoms in total. The number of para-hydroxylation sites is 2. The van der Waals surface area contributed by atoms with Crippen molar-refractivity contribution in [3.05, 3.63) is 82.7 Å². The first-order chi connectivity index (χ1) is 16.0. The van der Waals surface area contributed by atoms with Gasteiger partial charge in [-0.3, -0.25) is 4.79 Å². The van der Waals surface area contributed by atoms with E-state index in [1.54, 1.807) is 48.5 Å². The lowest BCUT2D eigenvalue weighted by Crippen LogP contribution is -2.24. The maximum absolute atomic E-state index is 12.1. The van der Waals surface area contributed by atoms with E-state index in [1.165, 1.54) is 24.6 Å². The van der Waals surface area contributed by atoms with Crippen LogP contribution in [0.2, 0.25) is 0 Å². The average Bonchev–Trinajstić information content (AvgIpc) is 3.33. The first-order valence-corrected chi connectivity index (χ1v) is 10.7. The van der Waals surface area contributed by atoms with Crippen LogP contribution in [0.15, 0.2) is 80.9 Å². The van der Waals surface area contributed by atoms with Crippen LogP contribution in [-0.4, -0.2) is 31.3 Å². The van der Waals surface area contributed by atoms with Gasteiger partial charge in [0, 0.05) is 16.1 Å². The molecule has 9 heteroatoms. The van der Waals surface area contributed by atoms with Gasteiger partial charge in [-0.1, -0.05) is 28.1 Å². The summed E-state index contributed by atoms with van der Waals surface area (Å²) in [5, 5.41) is 3.93. The summed E-state index contributed by atoms with van der Waals surface area (Å²) in [7, 11) is 0. The summed E-state index contributed by atoms with van der Waals surface area (Å²) in [4.78, 5) is 24.2. The molecule has 170 valence electrons. The van der Waals surface area contributed by atoms with Crippen molar-refractivity contribution in [2.75, 3.05) is 13.2 Å². The molecule has 1 aromatic heterocycles. The van der Waals surface area contributed by atoms with E-state index in [9.17, 15) is 9.59 Å². The van der Waals surface area contributed by atoms with E-state index in [2.05, 4.69) is 26.5 Å². The Labute approximate surface area is 199 Å². The Balaban J connectivity index is 1.57. The summed E-state index contributed by atoms with van der Waals surface area (Å²) in [6.07, 6.45) is 5.63. The van der Waals surface area contributed by atoms with Gasteiger partial charge in [-0.15, -0.1) is 0 Å². The number of rotatable bonds is 10. The van der Waals surface area contributed by atoms with Gasteiger partial charge in [-0.2, -0.15) is 5.10 Å². The van der Waals surface area contributed by atoms with Crippen LogP contribution in [0.1, 0.15) is 18.2 Å². The number of amides is 1. The predicted molar refractivity (Wildman–Crippen MR) is 126 cm³/mol. The zero-order chi connectivity index (χ0) is 23.5. The molecular formula is C24H21BrN2O6. The number of hydrogen-bond donors (Lipinski definition) is 1. The second-order valence-electron chi connectivity index (χ2n) is 6.41. The third-order valence-corrected chi connectivity index (χ3v) is 4.50. The van der Waals surface area contributed by atoms with Crippen molar-refractivity contribution in [3.63, 3.8) is 0 Å². The first-order valence-electron chi connectivity index (χ1n) is 9.94. The molecule has 0 spiro atoms. The Morgan fingerprint density at radius 2 is 1.85 bits per heavy atom. The van der Waals surface area contributed by atoms with Crippen molar-refractivity contribution in [2.24, 2.45) is 5.10 Å². The summed E-state index contributed by atoms with van der Waals surface area (Å²) in [6.45, 7) is 2.09. The molecule has 3 aromatic rings. The molecule has 1 amide bonds. The lowest BCUT2D eigenvalue weighted by atomic mass is 10.2.